The zero-order chi connectivity index (χ0) is 22.7. The van der Waals surface area contributed by atoms with E-state index < -0.39 is 5.66 Å². The molecule has 9 nitrogen and oxygen atoms in total. The topological polar surface area (TPSA) is 104 Å². The number of nitrogens with one attached hydrogen (secondary N) is 3. The smallest absolute Gasteiger partial charge is 0.407 e. The summed E-state index contributed by atoms with van der Waals surface area (Å²) >= 11 is 1.52. The monoisotopic (exact) mass is 457 g/mol. The zero-order valence-electron chi connectivity index (χ0n) is 19.0. The molecule has 1 aromatic heterocycles. The molecule has 1 aliphatic carbocycles. The van der Waals surface area contributed by atoms with Crippen molar-refractivity contribution in [1.82, 2.24) is 30.8 Å². The molecule has 0 spiro atoms. The molecular weight excluding hydrogens is 426 g/mol. The summed E-state index contributed by atoms with van der Waals surface area (Å²) in [4.78, 5) is 28.0. The summed E-state index contributed by atoms with van der Waals surface area (Å²) in [5, 5.41) is 10.6. The maximum Gasteiger partial charge on any atom is 0.407 e. The van der Waals surface area contributed by atoms with Gasteiger partial charge in [0, 0.05) is 30.8 Å². The van der Waals surface area contributed by atoms with Gasteiger partial charge in [0.05, 0.1) is 23.5 Å². The number of rotatable bonds is 5. The summed E-state index contributed by atoms with van der Waals surface area (Å²) in [6.45, 7) is 5.81. The van der Waals surface area contributed by atoms with Crippen molar-refractivity contribution in [1.29, 1.82) is 0 Å². The first-order chi connectivity index (χ1) is 15.4. The van der Waals surface area contributed by atoms with E-state index in [1.807, 2.05) is 44.8 Å². The third kappa shape index (κ3) is 4.69. The van der Waals surface area contributed by atoms with Gasteiger partial charge in [-0.3, -0.25) is 4.99 Å². The first kappa shape index (κ1) is 22.4. The molecule has 32 heavy (non-hydrogen) atoms. The molecule has 3 N–H and O–H groups in total. The quantitative estimate of drug-likeness (QED) is 0.458. The van der Waals surface area contributed by atoms with Gasteiger partial charge in [0.2, 0.25) is 0 Å². The van der Waals surface area contributed by atoms with E-state index in [0.717, 1.165) is 48.1 Å². The second kappa shape index (κ2) is 9.40. The van der Waals surface area contributed by atoms with Gasteiger partial charge in [-0.1, -0.05) is 11.8 Å². The van der Waals surface area contributed by atoms with Crippen LogP contribution < -0.4 is 16.0 Å². The van der Waals surface area contributed by atoms with Gasteiger partial charge in [0.15, 0.2) is 10.8 Å². The fourth-order valence-electron chi connectivity index (χ4n) is 4.22. The van der Waals surface area contributed by atoms with Gasteiger partial charge in [-0.2, -0.15) is 0 Å². The van der Waals surface area contributed by atoms with Crippen LogP contribution in [0.1, 0.15) is 52.1 Å². The number of hydrogen-bond donors (Lipinski definition) is 3. The summed E-state index contributed by atoms with van der Waals surface area (Å²) in [7, 11) is 0. The van der Waals surface area contributed by atoms with E-state index in [-0.39, 0.29) is 24.3 Å². The van der Waals surface area contributed by atoms with E-state index in [1.54, 1.807) is 6.20 Å². The van der Waals surface area contributed by atoms with Crippen molar-refractivity contribution >= 4 is 29.4 Å². The van der Waals surface area contributed by atoms with Crippen LogP contribution in [0.3, 0.4) is 0 Å². The second-order valence-electron chi connectivity index (χ2n) is 8.59. The minimum absolute atomic E-state index is 0.112. The van der Waals surface area contributed by atoms with Crippen LogP contribution in [0.5, 0.6) is 0 Å². The van der Waals surface area contributed by atoms with Gasteiger partial charge in [-0.25, -0.2) is 14.8 Å². The number of aliphatic imine (C=N–C) groups is 1. The van der Waals surface area contributed by atoms with Crippen molar-refractivity contribution in [3.05, 3.63) is 36.6 Å². The number of aromatic nitrogens is 2. The molecule has 3 aliphatic rings. The lowest BCUT2D eigenvalue weighted by Crippen LogP contribution is -2.60. The molecule has 172 valence electrons. The summed E-state index contributed by atoms with van der Waals surface area (Å²) < 4.78 is 5.20. The van der Waals surface area contributed by atoms with E-state index in [2.05, 4.69) is 37.7 Å². The van der Waals surface area contributed by atoms with Crippen LogP contribution in [0, 0.1) is 0 Å². The lowest BCUT2D eigenvalue weighted by molar-refractivity contribution is 0.109. The Morgan fingerprint density at radius 1 is 1.38 bits per heavy atom. The Hall–Kier alpha value is -2.75. The standard InChI is InChI=1S/C22H31N7O2S/c1-14(2)31-21(30)27-16-7-5-15(6-8-16)26-19-22(3)25-13-18(29(22)12-11-23-19)17-9-10-24-20(28-17)32-4/h9-16,25H,5-8H2,1-4H3,(H,23,26)(H,27,30). The predicted octanol–water partition coefficient (Wildman–Crippen LogP) is 3.04. The van der Waals surface area contributed by atoms with Gasteiger partial charge < -0.3 is 25.6 Å². The zero-order valence-corrected chi connectivity index (χ0v) is 19.8. The first-order valence-corrected chi connectivity index (χ1v) is 12.2. The average molecular weight is 458 g/mol. The number of fused-ring (bicyclic) bond motifs is 1. The molecule has 0 radical (unpaired) electrons. The minimum Gasteiger partial charge on any atom is -0.447 e. The van der Waals surface area contributed by atoms with E-state index in [1.165, 1.54) is 11.8 Å². The van der Waals surface area contributed by atoms with Crippen molar-refractivity contribution in [2.24, 2.45) is 4.99 Å². The van der Waals surface area contributed by atoms with Gasteiger partial charge in [0.1, 0.15) is 5.84 Å². The predicted molar refractivity (Wildman–Crippen MR) is 126 cm³/mol. The largest absolute Gasteiger partial charge is 0.447 e. The highest BCUT2D eigenvalue weighted by molar-refractivity contribution is 7.98. The molecular formula is C22H31N7O2S. The Labute approximate surface area is 193 Å². The van der Waals surface area contributed by atoms with Crippen molar-refractivity contribution in [3.8, 4) is 0 Å². The van der Waals surface area contributed by atoms with Crippen molar-refractivity contribution in [2.75, 3.05) is 6.26 Å². The molecule has 4 rings (SSSR count). The Morgan fingerprint density at radius 3 is 2.88 bits per heavy atom. The van der Waals surface area contributed by atoms with E-state index in [4.69, 9.17) is 9.73 Å². The maximum absolute atomic E-state index is 11.9. The fraction of sp³-hybridized carbons (Fsp3) is 0.545. The number of amidine groups is 1. The van der Waals surface area contributed by atoms with Gasteiger partial charge in [-0.05, 0) is 58.8 Å². The Bertz CT molecular complexity index is 940. The SMILES string of the molecule is CSc1nccc(C2=CNC3(C)C(=NC4CCC(NC(=O)OC(C)C)CC4)NC=CN23)n1. The Morgan fingerprint density at radius 2 is 2.16 bits per heavy atom. The number of amides is 1. The lowest BCUT2D eigenvalue weighted by Gasteiger charge is -2.40. The number of carbonyl (C=O) groups excluding carboxylic acids is 1. The fourth-order valence-corrected chi connectivity index (χ4v) is 4.58. The molecule has 1 aromatic rings. The normalized spacial score (nSPS) is 28.1. The van der Waals surface area contributed by atoms with Crippen molar-refractivity contribution in [3.63, 3.8) is 0 Å². The molecule has 1 atom stereocenters. The van der Waals surface area contributed by atoms with Crippen LogP contribution in [0.15, 0.2) is 41.0 Å². The number of nitrogens with zero attached hydrogens (tertiary/aromatic N) is 4. The number of ether oxygens (including phenoxy) is 1. The third-order valence-corrected chi connectivity index (χ3v) is 6.45. The van der Waals surface area contributed by atoms with Crippen molar-refractivity contribution < 1.29 is 9.53 Å². The van der Waals surface area contributed by atoms with Crippen LogP contribution in [0.25, 0.3) is 5.70 Å². The van der Waals surface area contributed by atoms with Gasteiger partial charge >= 0.3 is 6.09 Å². The van der Waals surface area contributed by atoms with Crippen LogP contribution in [-0.4, -0.2) is 56.9 Å². The van der Waals surface area contributed by atoms with E-state index >= 15 is 0 Å². The highest BCUT2D eigenvalue weighted by atomic mass is 32.2. The summed E-state index contributed by atoms with van der Waals surface area (Å²) in [5.41, 5.74) is 1.34. The number of hydrogen-bond acceptors (Lipinski definition) is 8. The van der Waals surface area contributed by atoms with Crippen LogP contribution in [0.4, 0.5) is 4.79 Å². The summed E-state index contributed by atoms with van der Waals surface area (Å²) in [6.07, 6.45) is 12.8. The molecule has 0 bridgehead atoms. The molecule has 1 unspecified atom stereocenters. The minimum atomic E-state index is -0.509. The highest BCUT2D eigenvalue weighted by Gasteiger charge is 2.44. The number of carbonyl (C=O) groups is 1. The third-order valence-electron chi connectivity index (χ3n) is 5.89. The number of thioether (sulfide) groups is 1. The van der Waals surface area contributed by atoms with Crippen LogP contribution >= 0.6 is 11.8 Å². The Kier molecular flexibility index (Phi) is 6.59. The first-order valence-electron chi connectivity index (χ1n) is 11.0. The average Bonchev–Trinajstić information content (AvgIpc) is 3.13. The van der Waals surface area contributed by atoms with E-state index in [0.29, 0.717) is 0 Å². The van der Waals surface area contributed by atoms with E-state index in [9.17, 15) is 4.79 Å². The molecule has 3 heterocycles. The van der Waals surface area contributed by atoms with Crippen LogP contribution in [0.2, 0.25) is 0 Å². The highest BCUT2D eigenvalue weighted by Crippen LogP contribution is 2.34. The number of alkyl carbamates (subject to hydrolysis) is 1. The van der Waals surface area contributed by atoms with Crippen LogP contribution in [-0.2, 0) is 4.74 Å². The lowest BCUT2D eigenvalue weighted by atomic mass is 9.91. The molecule has 1 amide bonds. The summed E-state index contributed by atoms with van der Waals surface area (Å²) in [6, 6.07) is 2.27. The molecule has 2 aliphatic heterocycles. The summed E-state index contributed by atoms with van der Waals surface area (Å²) in [5.74, 6) is 0.876. The molecule has 1 saturated carbocycles. The van der Waals surface area contributed by atoms with Gasteiger partial charge in [-0.15, -0.1) is 0 Å². The molecule has 10 heteroatoms. The molecule has 0 saturated heterocycles. The Balaban J connectivity index is 1.42. The maximum atomic E-state index is 11.9. The molecule has 1 fully saturated rings. The van der Waals surface area contributed by atoms with Crippen molar-refractivity contribution in [2.45, 2.75) is 75.5 Å². The molecule has 0 aromatic carbocycles. The second-order valence-corrected chi connectivity index (χ2v) is 9.36. The van der Waals surface area contributed by atoms with Gasteiger partial charge in [0.25, 0.3) is 0 Å².